The molecule has 0 radical (unpaired) electrons. The fraction of sp³-hybridized carbons (Fsp3) is 0.333. The van der Waals surface area contributed by atoms with Crippen LogP contribution in [0.15, 0.2) is 18.3 Å². The van der Waals surface area contributed by atoms with E-state index >= 15 is 0 Å². The van der Waals surface area contributed by atoms with Gasteiger partial charge >= 0.3 is 5.97 Å². The van der Waals surface area contributed by atoms with Crippen molar-refractivity contribution in [2.24, 2.45) is 0 Å². The van der Waals surface area contributed by atoms with Crippen molar-refractivity contribution in [1.82, 2.24) is 15.2 Å². The van der Waals surface area contributed by atoms with Gasteiger partial charge in [-0.3, -0.25) is 9.59 Å². The smallest absolute Gasteiger partial charge is 0.354 e. The average molecular weight is 265 g/mol. The van der Waals surface area contributed by atoms with Gasteiger partial charge in [0.1, 0.15) is 5.69 Å². The SMILES string of the molecule is CCNC(=O)CN(C)C(=O)c1ccnc(C(=O)O)c1. The highest BCUT2D eigenvalue weighted by Crippen LogP contribution is 2.05. The summed E-state index contributed by atoms with van der Waals surface area (Å²) in [5.74, 6) is -1.91. The molecule has 1 aromatic rings. The Morgan fingerprint density at radius 2 is 2.11 bits per heavy atom. The van der Waals surface area contributed by atoms with Crippen LogP contribution < -0.4 is 5.32 Å². The number of carboxylic acids is 1. The molecule has 0 aromatic carbocycles. The highest BCUT2D eigenvalue weighted by Gasteiger charge is 2.16. The Bertz CT molecular complexity index is 502. The van der Waals surface area contributed by atoms with Crippen LogP contribution in [0.3, 0.4) is 0 Å². The summed E-state index contributed by atoms with van der Waals surface area (Å²) in [4.78, 5) is 38.9. The Kier molecular flexibility index (Phi) is 4.99. The summed E-state index contributed by atoms with van der Waals surface area (Å²) in [6.45, 7) is 2.18. The lowest BCUT2D eigenvalue weighted by molar-refractivity contribution is -0.121. The molecule has 0 saturated carbocycles. The highest BCUT2D eigenvalue weighted by molar-refractivity contribution is 5.98. The molecular formula is C12H15N3O4. The number of amides is 2. The number of carboxylic acid groups (broad SMARTS) is 1. The monoisotopic (exact) mass is 265 g/mol. The minimum Gasteiger partial charge on any atom is -0.477 e. The van der Waals surface area contributed by atoms with Crippen LogP contribution in [0.25, 0.3) is 0 Å². The van der Waals surface area contributed by atoms with E-state index in [9.17, 15) is 14.4 Å². The number of aromatic carboxylic acids is 1. The molecule has 2 amide bonds. The Morgan fingerprint density at radius 3 is 2.68 bits per heavy atom. The molecule has 1 aromatic heterocycles. The largest absolute Gasteiger partial charge is 0.477 e. The maximum atomic E-state index is 12.0. The minimum atomic E-state index is -1.21. The average Bonchev–Trinajstić information content (AvgIpc) is 2.38. The molecule has 7 nitrogen and oxygen atoms in total. The Balaban J connectivity index is 2.79. The predicted molar refractivity (Wildman–Crippen MR) is 66.8 cm³/mol. The van der Waals surface area contributed by atoms with E-state index in [0.29, 0.717) is 6.54 Å². The summed E-state index contributed by atoms with van der Waals surface area (Å²) in [5, 5.41) is 11.4. The molecule has 0 spiro atoms. The molecule has 19 heavy (non-hydrogen) atoms. The number of carbonyl (C=O) groups is 3. The van der Waals surface area contributed by atoms with Gasteiger partial charge in [-0.2, -0.15) is 0 Å². The van der Waals surface area contributed by atoms with Gasteiger partial charge in [0.15, 0.2) is 0 Å². The maximum absolute atomic E-state index is 12.0. The molecule has 0 bridgehead atoms. The molecule has 7 heteroatoms. The first-order valence-corrected chi connectivity index (χ1v) is 5.67. The number of rotatable bonds is 5. The summed E-state index contributed by atoms with van der Waals surface area (Å²) >= 11 is 0. The van der Waals surface area contributed by atoms with Gasteiger partial charge in [-0.1, -0.05) is 0 Å². The summed E-state index contributed by atoms with van der Waals surface area (Å²) in [7, 11) is 1.47. The van der Waals surface area contributed by atoms with Gasteiger partial charge in [0, 0.05) is 25.4 Å². The second-order valence-electron chi connectivity index (χ2n) is 3.85. The van der Waals surface area contributed by atoms with Crippen molar-refractivity contribution >= 4 is 17.8 Å². The van der Waals surface area contributed by atoms with Gasteiger partial charge in [-0.05, 0) is 19.1 Å². The number of hydrogen-bond donors (Lipinski definition) is 2. The number of pyridine rings is 1. The van der Waals surface area contributed by atoms with Crippen molar-refractivity contribution in [3.63, 3.8) is 0 Å². The van der Waals surface area contributed by atoms with E-state index in [4.69, 9.17) is 5.11 Å². The van der Waals surface area contributed by atoms with Crippen molar-refractivity contribution in [3.8, 4) is 0 Å². The zero-order chi connectivity index (χ0) is 14.4. The van der Waals surface area contributed by atoms with Crippen LogP contribution in [0.2, 0.25) is 0 Å². The minimum absolute atomic E-state index is 0.0859. The summed E-state index contributed by atoms with van der Waals surface area (Å²) in [5.41, 5.74) is -0.0311. The third-order valence-electron chi connectivity index (χ3n) is 2.33. The molecule has 0 aliphatic carbocycles. The van der Waals surface area contributed by atoms with E-state index in [1.54, 1.807) is 6.92 Å². The van der Waals surface area contributed by atoms with Crippen LogP contribution in [0.1, 0.15) is 27.8 Å². The molecule has 0 aliphatic heterocycles. The highest BCUT2D eigenvalue weighted by atomic mass is 16.4. The molecule has 0 aliphatic rings. The fourth-order valence-electron chi connectivity index (χ4n) is 1.44. The number of hydrogen-bond acceptors (Lipinski definition) is 4. The topological polar surface area (TPSA) is 99.6 Å². The molecule has 102 valence electrons. The van der Waals surface area contributed by atoms with E-state index in [1.807, 2.05) is 0 Å². The van der Waals surface area contributed by atoms with E-state index in [1.165, 1.54) is 30.3 Å². The van der Waals surface area contributed by atoms with Crippen molar-refractivity contribution in [1.29, 1.82) is 0 Å². The Hall–Kier alpha value is -2.44. The van der Waals surface area contributed by atoms with Gasteiger partial charge < -0.3 is 15.3 Å². The maximum Gasteiger partial charge on any atom is 0.354 e. The first-order chi connectivity index (χ1) is 8.95. The van der Waals surface area contributed by atoms with E-state index in [0.717, 1.165) is 0 Å². The third-order valence-corrected chi connectivity index (χ3v) is 2.33. The normalized spacial score (nSPS) is 9.79. The van der Waals surface area contributed by atoms with Crippen LogP contribution in [0, 0.1) is 0 Å². The van der Waals surface area contributed by atoms with Crippen molar-refractivity contribution in [2.45, 2.75) is 6.92 Å². The number of nitrogens with zero attached hydrogens (tertiary/aromatic N) is 2. The van der Waals surface area contributed by atoms with Gasteiger partial charge in [-0.25, -0.2) is 9.78 Å². The molecule has 0 unspecified atom stereocenters. The third kappa shape index (κ3) is 4.06. The van der Waals surface area contributed by atoms with Crippen LogP contribution in [0.4, 0.5) is 0 Å². The van der Waals surface area contributed by atoms with Crippen molar-refractivity contribution < 1.29 is 19.5 Å². The van der Waals surface area contributed by atoms with Gasteiger partial charge in [0.2, 0.25) is 5.91 Å². The standard InChI is InChI=1S/C12H15N3O4/c1-3-13-10(16)7-15(2)11(17)8-4-5-14-9(6-8)12(18)19/h4-6H,3,7H2,1-2H3,(H,13,16)(H,18,19). The number of likely N-dealkylation sites (N-methyl/N-ethyl adjacent to an activating group) is 2. The van der Waals surface area contributed by atoms with E-state index in [2.05, 4.69) is 10.3 Å². The predicted octanol–water partition coefficient (Wildman–Crippen LogP) is -0.0121. The number of nitrogens with one attached hydrogen (secondary N) is 1. The molecule has 1 heterocycles. The second kappa shape index (κ2) is 6.48. The lowest BCUT2D eigenvalue weighted by Crippen LogP contribution is -2.38. The van der Waals surface area contributed by atoms with Gasteiger partial charge in [0.05, 0.1) is 6.54 Å². The summed E-state index contributed by atoms with van der Waals surface area (Å²) < 4.78 is 0. The molecular weight excluding hydrogens is 250 g/mol. The Labute approximate surface area is 110 Å². The van der Waals surface area contributed by atoms with Crippen LogP contribution in [-0.2, 0) is 4.79 Å². The van der Waals surface area contributed by atoms with Crippen LogP contribution in [-0.4, -0.2) is 52.9 Å². The molecule has 1 rings (SSSR count). The van der Waals surface area contributed by atoms with Crippen LogP contribution >= 0.6 is 0 Å². The summed E-state index contributed by atoms with van der Waals surface area (Å²) in [6.07, 6.45) is 1.25. The van der Waals surface area contributed by atoms with E-state index < -0.39 is 11.9 Å². The fourth-order valence-corrected chi connectivity index (χ4v) is 1.44. The molecule has 2 N–H and O–H groups in total. The molecule has 0 fully saturated rings. The van der Waals surface area contributed by atoms with Crippen LogP contribution in [0.5, 0.6) is 0 Å². The van der Waals surface area contributed by atoms with Crippen molar-refractivity contribution in [2.75, 3.05) is 20.1 Å². The number of carbonyl (C=O) groups excluding carboxylic acids is 2. The molecule has 0 atom stereocenters. The van der Waals surface area contributed by atoms with Gasteiger partial charge in [-0.15, -0.1) is 0 Å². The zero-order valence-corrected chi connectivity index (χ0v) is 10.7. The first kappa shape index (κ1) is 14.6. The molecule has 0 saturated heterocycles. The lowest BCUT2D eigenvalue weighted by Gasteiger charge is -2.16. The second-order valence-corrected chi connectivity index (χ2v) is 3.85. The zero-order valence-electron chi connectivity index (χ0n) is 10.7. The summed E-state index contributed by atoms with van der Waals surface area (Å²) in [6, 6.07) is 2.59. The van der Waals surface area contributed by atoms with Gasteiger partial charge in [0.25, 0.3) is 5.91 Å². The van der Waals surface area contributed by atoms with E-state index in [-0.39, 0.29) is 23.7 Å². The quantitative estimate of drug-likeness (QED) is 0.780. The lowest BCUT2D eigenvalue weighted by atomic mass is 10.2. The number of aromatic nitrogens is 1. The Morgan fingerprint density at radius 1 is 1.42 bits per heavy atom. The van der Waals surface area contributed by atoms with Crippen molar-refractivity contribution in [3.05, 3.63) is 29.6 Å². The first-order valence-electron chi connectivity index (χ1n) is 5.67.